The van der Waals surface area contributed by atoms with Crippen molar-refractivity contribution in [3.63, 3.8) is 0 Å². The van der Waals surface area contributed by atoms with E-state index in [1.54, 1.807) is 48.8 Å². The van der Waals surface area contributed by atoms with Crippen LogP contribution in [-0.4, -0.2) is 136 Å². The lowest BCUT2D eigenvalue weighted by molar-refractivity contribution is -0.289. The van der Waals surface area contributed by atoms with Crippen molar-refractivity contribution in [3.05, 3.63) is 60.9 Å². The van der Waals surface area contributed by atoms with Gasteiger partial charge in [-0.25, -0.2) is 0 Å². The molecule has 0 spiro atoms. The molecule has 2 amide bonds. The molecule has 0 saturated carbocycles. The van der Waals surface area contributed by atoms with E-state index in [0.29, 0.717) is 22.4 Å². The second-order valence-corrected chi connectivity index (χ2v) is 15.0. The van der Waals surface area contributed by atoms with Crippen LogP contribution in [0.2, 0.25) is 0 Å². The van der Waals surface area contributed by atoms with E-state index in [9.17, 15) is 47.9 Å². The number of esters is 8. The molecule has 4 heterocycles. The van der Waals surface area contributed by atoms with Crippen LogP contribution in [0.3, 0.4) is 0 Å². The predicted octanol–water partition coefficient (Wildman–Crippen LogP) is 1.55. The molecule has 0 aliphatic carbocycles. The van der Waals surface area contributed by atoms with Gasteiger partial charge in [-0.05, 0) is 24.3 Å². The van der Waals surface area contributed by atoms with E-state index in [0.717, 1.165) is 66.2 Å². The molecule has 6 rings (SSSR count). The van der Waals surface area contributed by atoms with E-state index < -0.39 is 121 Å². The predicted molar refractivity (Wildman–Crippen MR) is 232 cm³/mol. The lowest BCUT2D eigenvalue weighted by Crippen LogP contribution is -2.64. The summed E-state index contributed by atoms with van der Waals surface area (Å²) >= 11 is 0. The van der Waals surface area contributed by atoms with Crippen molar-refractivity contribution in [2.24, 2.45) is 0 Å². The molecule has 25 heteroatoms. The molecular weight excluding hydrogens is 920 g/mol. The summed E-state index contributed by atoms with van der Waals surface area (Å²) in [7, 11) is 0. The van der Waals surface area contributed by atoms with Gasteiger partial charge in [-0.15, -0.1) is 0 Å². The number of para-hydroxylation sites is 2. The maximum Gasteiger partial charge on any atom is 0.305 e. The third kappa shape index (κ3) is 14.1. The minimum atomic E-state index is -1.63. The summed E-state index contributed by atoms with van der Waals surface area (Å²) in [5.74, 6) is -8.11. The second-order valence-electron chi connectivity index (χ2n) is 15.0. The van der Waals surface area contributed by atoms with Crippen LogP contribution in [0, 0.1) is 0 Å². The zero-order valence-corrected chi connectivity index (χ0v) is 38.2. The smallest absolute Gasteiger partial charge is 0.305 e. The molecule has 25 nitrogen and oxygen atoms in total. The van der Waals surface area contributed by atoms with Crippen LogP contribution >= 0.6 is 0 Å². The van der Waals surface area contributed by atoms with Crippen molar-refractivity contribution >= 4 is 92.7 Å². The number of carbonyl (C=O) groups excluding carboxylic acids is 10. The molecule has 6 N–H and O–H groups in total. The number of amides is 2. The highest BCUT2D eigenvalue weighted by Crippen LogP contribution is 2.33. The lowest BCUT2D eigenvalue weighted by Gasteiger charge is -2.43. The van der Waals surface area contributed by atoms with Gasteiger partial charge in [-0.1, -0.05) is 24.3 Å². The Morgan fingerprint density at radius 2 is 0.696 bits per heavy atom. The Kier molecular flexibility index (Phi) is 18.5. The average Bonchev–Trinajstić information content (AvgIpc) is 3.92. The van der Waals surface area contributed by atoms with Crippen molar-refractivity contribution in [2.45, 2.75) is 117 Å². The van der Waals surface area contributed by atoms with Gasteiger partial charge < -0.3 is 73.4 Å². The number of anilines is 2. The van der Waals surface area contributed by atoms with Crippen LogP contribution in [0.5, 0.6) is 0 Å². The number of hydrogen-bond acceptors (Lipinski definition) is 20. The minimum Gasteiger partial charge on any atom is -0.455 e. The molecule has 2 aliphatic rings. The van der Waals surface area contributed by atoms with Crippen molar-refractivity contribution in [1.29, 1.82) is 0 Å². The Balaban J connectivity index is 0.000000296. The fourth-order valence-electron chi connectivity index (χ4n) is 7.27. The normalized spacial score (nSPS) is 23.7. The highest BCUT2D eigenvalue weighted by Gasteiger charge is 2.57. The monoisotopic (exact) mass is 970 g/mol. The van der Waals surface area contributed by atoms with Crippen molar-refractivity contribution in [1.82, 2.24) is 9.97 Å². The molecule has 0 unspecified atom stereocenters. The number of aromatic amines is 2. The Hall–Kier alpha value is -7.90. The summed E-state index contributed by atoms with van der Waals surface area (Å²) in [5.41, 5.74) is 2.05. The molecule has 2 aromatic heterocycles. The van der Waals surface area contributed by atoms with Gasteiger partial charge in [0.05, 0.1) is 22.4 Å². The highest BCUT2D eigenvalue weighted by molar-refractivity contribution is 6.03. The van der Waals surface area contributed by atoms with E-state index in [4.69, 9.17) is 47.4 Å². The molecule has 2 fully saturated rings. The zero-order chi connectivity index (χ0) is 50.0. The number of rotatable bonds is 12. The topological polar surface area (TPSA) is 350 Å². The standard InChI is InChI=1S/2C22H24N2O10.H2O/c2*1-10(25)30-17-18(31-11(2)26)20(32-12(3)27)22(33-13(4)28)34-19(17)21(29)24-15-7-5-6-14-8-9-23-16(14)15;/h2*5-9,17-20,22-23H,1-4H3,(H,24,29);1H2/t2*17-,18-,19-,20+,22+;/m00./s1. The van der Waals surface area contributed by atoms with Crippen LogP contribution in [0.15, 0.2) is 60.9 Å². The van der Waals surface area contributed by atoms with E-state index >= 15 is 0 Å². The summed E-state index contributed by atoms with van der Waals surface area (Å²) in [6, 6.07) is 14.0. The molecule has 0 radical (unpaired) electrons. The number of H-pyrrole nitrogens is 2. The third-order valence-electron chi connectivity index (χ3n) is 9.57. The van der Waals surface area contributed by atoms with Crippen molar-refractivity contribution in [3.8, 4) is 0 Å². The molecule has 10 atom stereocenters. The van der Waals surface area contributed by atoms with Crippen molar-refractivity contribution < 1.29 is 101 Å². The number of carbonyl (C=O) groups is 10. The van der Waals surface area contributed by atoms with E-state index in [2.05, 4.69) is 20.6 Å². The maximum atomic E-state index is 13.3. The number of ether oxygens (including phenoxy) is 10. The van der Waals surface area contributed by atoms with Gasteiger partial charge in [0.15, 0.2) is 36.6 Å². The van der Waals surface area contributed by atoms with Gasteiger partial charge in [-0.3, -0.25) is 47.9 Å². The first-order valence-corrected chi connectivity index (χ1v) is 20.6. The molecule has 372 valence electrons. The molecule has 2 aliphatic heterocycles. The number of nitrogens with one attached hydrogen (secondary N) is 4. The van der Waals surface area contributed by atoms with Crippen LogP contribution in [0.25, 0.3) is 21.8 Å². The Morgan fingerprint density at radius 1 is 0.406 bits per heavy atom. The Bertz CT molecular complexity index is 2400. The summed E-state index contributed by atoms with van der Waals surface area (Å²) in [4.78, 5) is 127. The van der Waals surface area contributed by atoms with Crippen molar-refractivity contribution in [2.75, 3.05) is 10.6 Å². The third-order valence-corrected chi connectivity index (χ3v) is 9.57. The SMILES string of the molecule is CC(=O)O[C@@H]1O[C@H](C(=O)Nc2cccc3cc[nH]c23)[C@@H](OC(C)=O)[C@H](OC(C)=O)[C@H]1OC(C)=O.CC(=O)O[C@@H]1O[C@H](C(=O)Nc2cccc3cc[nH]c23)[C@@H](OC(C)=O)[C@H](OC(C)=O)[C@H]1OC(C)=O.O. The first-order valence-electron chi connectivity index (χ1n) is 20.6. The van der Waals surface area contributed by atoms with Gasteiger partial charge in [0.2, 0.25) is 24.8 Å². The van der Waals surface area contributed by atoms with Crippen LogP contribution in [0.1, 0.15) is 55.4 Å². The number of aromatic nitrogens is 2. The van der Waals surface area contributed by atoms with E-state index in [1.165, 1.54) is 0 Å². The lowest BCUT2D eigenvalue weighted by atomic mass is 9.97. The van der Waals surface area contributed by atoms with Gasteiger partial charge in [0.1, 0.15) is 0 Å². The average molecular weight is 971 g/mol. The highest BCUT2D eigenvalue weighted by atomic mass is 16.8. The van der Waals surface area contributed by atoms with Crippen LogP contribution in [-0.2, 0) is 95.3 Å². The molecule has 0 bridgehead atoms. The fourth-order valence-corrected chi connectivity index (χ4v) is 7.27. The molecular formula is C44H50N4O21. The largest absolute Gasteiger partial charge is 0.455 e. The first kappa shape index (κ1) is 53.7. The number of benzene rings is 2. The van der Waals surface area contributed by atoms with Crippen LogP contribution < -0.4 is 10.6 Å². The summed E-state index contributed by atoms with van der Waals surface area (Å²) in [6.45, 7) is 8.62. The van der Waals surface area contributed by atoms with Gasteiger partial charge >= 0.3 is 47.8 Å². The summed E-state index contributed by atoms with van der Waals surface area (Å²) < 4.78 is 52.9. The molecule has 4 aromatic rings. The minimum absolute atomic E-state index is 0. The molecule has 69 heavy (non-hydrogen) atoms. The second kappa shape index (κ2) is 23.7. The van der Waals surface area contributed by atoms with Gasteiger partial charge in [0.25, 0.3) is 11.8 Å². The summed E-state index contributed by atoms with van der Waals surface area (Å²) in [5, 5.41) is 6.99. The van der Waals surface area contributed by atoms with E-state index in [1.807, 2.05) is 12.1 Å². The van der Waals surface area contributed by atoms with Gasteiger partial charge in [-0.2, -0.15) is 0 Å². The zero-order valence-electron chi connectivity index (χ0n) is 38.2. The van der Waals surface area contributed by atoms with E-state index in [-0.39, 0.29) is 5.48 Å². The molecule has 2 aromatic carbocycles. The Morgan fingerprint density at radius 3 is 1.00 bits per heavy atom. The number of fused-ring (bicyclic) bond motifs is 2. The Labute approximate surface area is 391 Å². The quantitative estimate of drug-likeness (QED) is 0.116. The summed E-state index contributed by atoms with van der Waals surface area (Å²) in [6.07, 6.45) is -12.2. The molecule has 2 saturated heterocycles. The first-order chi connectivity index (χ1) is 32.1. The maximum absolute atomic E-state index is 13.3. The van der Waals surface area contributed by atoms with Gasteiger partial charge in [0, 0.05) is 78.6 Å². The van der Waals surface area contributed by atoms with Crippen LogP contribution in [0.4, 0.5) is 11.4 Å². The number of hydrogen-bond donors (Lipinski definition) is 4. The fraction of sp³-hybridized carbons (Fsp3) is 0.409.